The van der Waals surface area contributed by atoms with Crippen molar-refractivity contribution < 1.29 is 21.7 Å². The minimum Gasteiger partial charge on any atom is -0.273 e. The second-order valence-corrected chi connectivity index (χ2v) is 9.60. The summed E-state index contributed by atoms with van der Waals surface area (Å²) < 4.78 is 0. The van der Waals surface area contributed by atoms with Gasteiger partial charge in [0.2, 0.25) is 0 Å². The largest absolute Gasteiger partial charge is 2.00 e. The molecule has 4 aromatic rings. The molecule has 0 fully saturated rings. The van der Waals surface area contributed by atoms with Crippen LogP contribution in [0.1, 0.15) is 28.7 Å². The van der Waals surface area contributed by atoms with Gasteiger partial charge < -0.3 is 0 Å². The van der Waals surface area contributed by atoms with Gasteiger partial charge in [0.05, 0.1) is 0 Å². The molecule has 0 bridgehead atoms. The molecule has 0 aromatic heterocycles. The minimum atomic E-state index is 0. The van der Waals surface area contributed by atoms with Crippen molar-refractivity contribution in [3.8, 4) is 11.1 Å². The number of benzene rings is 4. The molecule has 0 amide bonds. The average Bonchev–Trinajstić information content (AvgIpc) is 3.62. The third-order valence-electron chi connectivity index (χ3n) is 5.59. The van der Waals surface area contributed by atoms with Gasteiger partial charge in [-0.15, -0.1) is 12.0 Å². The van der Waals surface area contributed by atoms with Crippen LogP contribution >= 0.6 is 0 Å². The summed E-state index contributed by atoms with van der Waals surface area (Å²) in [5.41, 5.74) is 8.34. The van der Waals surface area contributed by atoms with E-state index >= 15 is 0 Å². The van der Waals surface area contributed by atoms with Gasteiger partial charge in [0.25, 0.3) is 0 Å². The van der Waals surface area contributed by atoms with Gasteiger partial charge in [0.1, 0.15) is 0 Å². The summed E-state index contributed by atoms with van der Waals surface area (Å²) in [7, 11) is 0.750. The van der Waals surface area contributed by atoms with Crippen LogP contribution in [0, 0.1) is 12.1 Å². The van der Waals surface area contributed by atoms with E-state index in [9.17, 15) is 0 Å². The van der Waals surface area contributed by atoms with Crippen molar-refractivity contribution in [1.82, 2.24) is 0 Å². The van der Waals surface area contributed by atoms with Crippen LogP contribution in [0.3, 0.4) is 0 Å². The van der Waals surface area contributed by atoms with Crippen molar-refractivity contribution in [2.24, 2.45) is 0 Å². The van der Waals surface area contributed by atoms with Crippen molar-refractivity contribution in [3.63, 3.8) is 0 Å². The quantitative estimate of drug-likeness (QED) is 0.166. The number of hydrogen-bond acceptors (Lipinski definition) is 0. The first-order valence-corrected chi connectivity index (χ1v) is 14.7. The van der Waals surface area contributed by atoms with Crippen LogP contribution in [0.2, 0.25) is 13.1 Å². The summed E-state index contributed by atoms with van der Waals surface area (Å²) in [6.45, 7) is 4.42. The molecule has 1 radical (unpaired) electrons. The van der Waals surface area contributed by atoms with Gasteiger partial charge in [-0.05, 0) is 30.4 Å². The summed E-state index contributed by atoms with van der Waals surface area (Å²) in [6.07, 6.45) is 13.3. The molecule has 6 rings (SSSR count). The molecule has 0 unspecified atom stereocenters. The first kappa shape index (κ1) is 29.5. The number of allylic oxidation sites excluding steroid dienone is 4. The van der Waals surface area contributed by atoms with E-state index in [1.54, 1.807) is 0 Å². The number of fused-ring (bicyclic) bond motifs is 3. The smallest absolute Gasteiger partial charge is 0.273 e. The Bertz CT molecular complexity index is 1090. The topological polar surface area (TPSA) is 0 Å². The van der Waals surface area contributed by atoms with Gasteiger partial charge in [0, 0.05) is 9.52 Å². The van der Waals surface area contributed by atoms with Crippen LogP contribution in [0.15, 0.2) is 121 Å². The first-order chi connectivity index (χ1) is 17.3. The second kappa shape index (κ2) is 17.7. The fourth-order valence-corrected chi connectivity index (χ4v) is 3.92. The standard InChI is InChI=1S/C14H14.C13H9.C5H5.C2H7Si.Ti/c1-3-7-13(8-4-1)11-12-14-9-5-2-6-10-14;1-3-7-12-10(5-1)9-11-6-2-4-8-13(11)12;1-2-4-5-3-1;1-3-2;/h1-10H,11-12H2;1-5,7-8H,9H2;1-3H,4H2;3H,1-2H3;/q;2*-1;;+2. The van der Waals surface area contributed by atoms with Crippen LogP contribution in [0.25, 0.3) is 11.1 Å². The van der Waals surface area contributed by atoms with E-state index in [-0.39, 0.29) is 21.7 Å². The Morgan fingerprint density at radius 1 is 0.694 bits per heavy atom. The Hall–Kier alpha value is -2.71. The predicted molar refractivity (Wildman–Crippen MR) is 154 cm³/mol. The molecule has 0 spiro atoms. The van der Waals surface area contributed by atoms with Gasteiger partial charge in [-0.2, -0.15) is 35.9 Å². The van der Waals surface area contributed by atoms with Gasteiger partial charge in [-0.25, -0.2) is 12.2 Å². The van der Waals surface area contributed by atoms with Gasteiger partial charge >= 0.3 is 21.7 Å². The Kier molecular flexibility index (Phi) is 14.5. The molecule has 2 aliphatic rings. The molecule has 0 nitrogen and oxygen atoms in total. The molecule has 0 aliphatic heterocycles. The number of aryl methyl sites for hydroxylation is 2. The summed E-state index contributed by atoms with van der Waals surface area (Å²) >= 11 is 0. The van der Waals surface area contributed by atoms with Crippen molar-refractivity contribution >= 4 is 9.52 Å². The zero-order valence-electron chi connectivity index (χ0n) is 21.5. The summed E-state index contributed by atoms with van der Waals surface area (Å²) in [5, 5.41) is 0. The Morgan fingerprint density at radius 2 is 1.25 bits per heavy atom. The maximum atomic E-state index is 3.30. The van der Waals surface area contributed by atoms with Crippen molar-refractivity contribution in [1.29, 1.82) is 0 Å². The fourth-order valence-electron chi connectivity index (χ4n) is 3.92. The zero-order chi connectivity index (χ0) is 24.6. The third kappa shape index (κ3) is 10.1. The summed E-state index contributed by atoms with van der Waals surface area (Å²) in [6, 6.07) is 39.4. The first-order valence-electron chi connectivity index (χ1n) is 12.4. The van der Waals surface area contributed by atoms with Crippen LogP contribution in [-0.2, 0) is 41.0 Å². The van der Waals surface area contributed by atoms with Gasteiger partial charge in [0.15, 0.2) is 0 Å². The Labute approximate surface area is 235 Å². The normalized spacial score (nSPS) is 11.3. The van der Waals surface area contributed by atoms with E-state index in [0.717, 1.165) is 35.2 Å². The van der Waals surface area contributed by atoms with Gasteiger partial charge in [-0.1, -0.05) is 109 Å². The van der Waals surface area contributed by atoms with E-state index in [2.05, 4.69) is 128 Å². The molecule has 0 N–H and O–H groups in total. The van der Waals surface area contributed by atoms with Crippen LogP contribution in [-0.4, -0.2) is 9.52 Å². The van der Waals surface area contributed by atoms with Crippen molar-refractivity contribution in [2.75, 3.05) is 0 Å². The second-order valence-electron chi connectivity index (χ2n) is 8.45. The predicted octanol–water partition coefficient (Wildman–Crippen LogP) is 8.35. The molecule has 0 saturated carbocycles. The molecule has 0 atom stereocenters. The van der Waals surface area contributed by atoms with Crippen LogP contribution in [0.4, 0.5) is 0 Å². The maximum Gasteiger partial charge on any atom is 2.00 e. The van der Waals surface area contributed by atoms with Crippen LogP contribution in [0.5, 0.6) is 0 Å². The van der Waals surface area contributed by atoms with Crippen LogP contribution < -0.4 is 0 Å². The maximum absolute atomic E-state index is 3.30. The van der Waals surface area contributed by atoms with E-state index in [0.29, 0.717) is 0 Å². The Balaban J connectivity index is 0.000000192. The zero-order valence-corrected chi connectivity index (χ0v) is 24.2. The Morgan fingerprint density at radius 3 is 1.78 bits per heavy atom. The fraction of sp³-hybridized carbons (Fsp3) is 0.176. The molecular formula is C34H35SiTi. The molecule has 36 heavy (non-hydrogen) atoms. The molecule has 0 saturated heterocycles. The number of rotatable bonds is 3. The summed E-state index contributed by atoms with van der Waals surface area (Å²) in [4.78, 5) is 0. The summed E-state index contributed by atoms with van der Waals surface area (Å²) in [5.74, 6) is 0. The third-order valence-corrected chi connectivity index (χ3v) is 5.59. The van der Waals surface area contributed by atoms with E-state index in [1.165, 1.54) is 33.4 Å². The molecular weight excluding hydrogens is 484 g/mol. The van der Waals surface area contributed by atoms with Gasteiger partial charge in [-0.3, -0.25) is 6.08 Å². The molecule has 179 valence electrons. The molecule has 0 heterocycles. The van der Waals surface area contributed by atoms with Crippen molar-refractivity contribution in [2.45, 2.75) is 38.8 Å². The van der Waals surface area contributed by atoms with E-state index in [4.69, 9.17) is 0 Å². The number of hydrogen-bond donors (Lipinski definition) is 0. The van der Waals surface area contributed by atoms with E-state index < -0.39 is 0 Å². The van der Waals surface area contributed by atoms with E-state index in [1.807, 2.05) is 18.2 Å². The SMILES string of the molecule is C[SiH]C.[C-]1=CC=CC1.[Ti+2].[c-]1cccc2c1Cc1ccccc1-2.c1ccc(CCc2ccccc2)cc1. The molecule has 4 aromatic carbocycles. The molecule has 2 aliphatic carbocycles. The van der Waals surface area contributed by atoms with Crippen molar-refractivity contribution in [3.05, 3.63) is 156 Å². The average molecular weight is 520 g/mol. The molecule has 2 heteroatoms. The minimum absolute atomic E-state index is 0. The monoisotopic (exact) mass is 519 g/mol.